The summed E-state index contributed by atoms with van der Waals surface area (Å²) in [6.45, 7) is 0.512. The first-order valence-corrected chi connectivity index (χ1v) is 9.61. The van der Waals surface area contributed by atoms with Crippen molar-refractivity contribution in [2.45, 2.75) is 6.54 Å². The molecule has 1 amide bonds. The lowest BCUT2D eigenvalue weighted by Crippen LogP contribution is -2.26. The van der Waals surface area contributed by atoms with Crippen molar-refractivity contribution in [1.82, 2.24) is 14.9 Å². The number of carbonyl (C=O) groups excluding carboxylic acids is 1. The predicted molar refractivity (Wildman–Crippen MR) is 110 cm³/mol. The largest absolute Gasteiger partial charge is 0.337 e. The summed E-state index contributed by atoms with van der Waals surface area (Å²) >= 11 is 7.53. The summed E-state index contributed by atoms with van der Waals surface area (Å²) in [5.74, 6) is -0.0469. The van der Waals surface area contributed by atoms with E-state index < -0.39 is 0 Å². The Morgan fingerprint density at radius 1 is 1.11 bits per heavy atom. The van der Waals surface area contributed by atoms with Crippen LogP contribution in [0.2, 0.25) is 4.34 Å². The molecule has 27 heavy (non-hydrogen) atoms. The van der Waals surface area contributed by atoms with E-state index in [2.05, 4.69) is 4.98 Å². The standard InChI is InChI=1S/C21H16ClN3OS/c1-25(13-14-8-10-23-11-9-14)21(26)16-12-18(19-6-7-20(22)27-19)24-17-5-3-2-4-15(16)17/h2-12H,13H2,1H3. The number of thiophene rings is 1. The van der Waals surface area contributed by atoms with Crippen LogP contribution in [0, 0.1) is 0 Å². The molecule has 1 aromatic carbocycles. The quantitative estimate of drug-likeness (QED) is 0.473. The zero-order valence-electron chi connectivity index (χ0n) is 14.6. The highest BCUT2D eigenvalue weighted by atomic mass is 35.5. The minimum absolute atomic E-state index is 0.0469. The van der Waals surface area contributed by atoms with Gasteiger partial charge in [-0.25, -0.2) is 4.98 Å². The molecule has 0 aliphatic carbocycles. The van der Waals surface area contributed by atoms with Crippen molar-refractivity contribution in [3.05, 3.63) is 82.5 Å². The molecule has 0 saturated carbocycles. The summed E-state index contributed by atoms with van der Waals surface area (Å²) in [5, 5.41) is 0.843. The highest BCUT2D eigenvalue weighted by Crippen LogP contribution is 2.32. The Morgan fingerprint density at radius 3 is 2.63 bits per heavy atom. The number of aromatic nitrogens is 2. The molecule has 0 aliphatic rings. The van der Waals surface area contributed by atoms with Crippen molar-refractivity contribution in [2.75, 3.05) is 7.05 Å². The van der Waals surface area contributed by atoms with Crippen LogP contribution in [0.5, 0.6) is 0 Å². The van der Waals surface area contributed by atoms with Crippen molar-refractivity contribution in [3.8, 4) is 10.6 Å². The fourth-order valence-corrected chi connectivity index (χ4v) is 3.97. The van der Waals surface area contributed by atoms with Crippen LogP contribution in [0.3, 0.4) is 0 Å². The SMILES string of the molecule is CN(Cc1ccncc1)C(=O)c1cc(-c2ccc(Cl)s2)nc2ccccc12. The van der Waals surface area contributed by atoms with Crippen LogP contribution >= 0.6 is 22.9 Å². The number of rotatable bonds is 4. The number of fused-ring (bicyclic) bond motifs is 1. The topological polar surface area (TPSA) is 46.1 Å². The summed E-state index contributed by atoms with van der Waals surface area (Å²) in [7, 11) is 1.81. The second-order valence-electron chi connectivity index (χ2n) is 6.19. The van der Waals surface area contributed by atoms with Crippen LogP contribution in [0.1, 0.15) is 15.9 Å². The van der Waals surface area contributed by atoms with Gasteiger partial charge in [-0.3, -0.25) is 9.78 Å². The van der Waals surface area contributed by atoms with Crippen LogP contribution in [0.4, 0.5) is 0 Å². The summed E-state index contributed by atoms with van der Waals surface area (Å²) < 4.78 is 0.697. The van der Waals surface area contributed by atoms with Crippen molar-refractivity contribution in [2.24, 2.45) is 0 Å². The van der Waals surface area contributed by atoms with Gasteiger partial charge in [0.25, 0.3) is 5.91 Å². The second-order valence-corrected chi connectivity index (χ2v) is 7.91. The molecule has 4 aromatic rings. The summed E-state index contributed by atoms with van der Waals surface area (Å²) in [6, 6.07) is 17.2. The lowest BCUT2D eigenvalue weighted by Gasteiger charge is -2.19. The Kier molecular flexibility index (Phi) is 4.88. The maximum Gasteiger partial charge on any atom is 0.254 e. The van der Waals surface area contributed by atoms with Gasteiger partial charge in [-0.1, -0.05) is 29.8 Å². The lowest BCUT2D eigenvalue weighted by atomic mass is 10.1. The molecule has 3 heterocycles. The molecule has 0 N–H and O–H groups in total. The molecule has 0 saturated heterocycles. The number of benzene rings is 1. The fourth-order valence-electron chi connectivity index (χ4n) is 2.97. The van der Waals surface area contributed by atoms with E-state index in [0.29, 0.717) is 16.4 Å². The average Bonchev–Trinajstić information content (AvgIpc) is 3.13. The van der Waals surface area contributed by atoms with Gasteiger partial charge in [-0.05, 0) is 42.0 Å². The van der Waals surface area contributed by atoms with Gasteiger partial charge < -0.3 is 4.90 Å². The van der Waals surface area contributed by atoms with E-state index >= 15 is 0 Å². The Hall–Kier alpha value is -2.76. The first-order chi connectivity index (χ1) is 13.1. The molecule has 0 atom stereocenters. The Bertz CT molecular complexity index is 1110. The number of pyridine rings is 2. The summed E-state index contributed by atoms with van der Waals surface area (Å²) in [5.41, 5.74) is 3.22. The predicted octanol–water partition coefficient (Wildman–Crippen LogP) is 5.28. The zero-order valence-corrected chi connectivity index (χ0v) is 16.2. The zero-order chi connectivity index (χ0) is 18.8. The molecule has 134 valence electrons. The molecule has 0 radical (unpaired) electrons. The molecule has 4 nitrogen and oxygen atoms in total. The Morgan fingerprint density at radius 2 is 1.89 bits per heavy atom. The molecule has 0 fully saturated rings. The van der Waals surface area contributed by atoms with Gasteiger partial charge in [-0.2, -0.15) is 0 Å². The number of nitrogens with zero attached hydrogens (tertiary/aromatic N) is 3. The van der Waals surface area contributed by atoms with E-state index in [0.717, 1.165) is 27.0 Å². The van der Waals surface area contributed by atoms with Crippen molar-refractivity contribution < 1.29 is 4.79 Å². The van der Waals surface area contributed by atoms with Gasteiger partial charge in [0, 0.05) is 31.4 Å². The van der Waals surface area contributed by atoms with Crippen molar-refractivity contribution >= 4 is 39.7 Å². The minimum Gasteiger partial charge on any atom is -0.337 e. The van der Waals surface area contributed by atoms with Crippen molar-refractivity contribution in [3.63, 3.8) is 0 Å². The normalized spacial score (nSPS) is 10.9. The number of amides is 1. The number of para-hydroxylation sites is 1. The number of hydrogen-bond donors (Lipinski definition) is 0. The third-order valence-electron chi connectivity index (χ3n) is 4.29. The van der Waals surface area contributed by atoms with Crippen LogP contribution in [0.25, 0.3) is 21.5 Å². The smallest absolute Gasteiger partial charge is 0.254 e. The molecule has 0 bridgehead atoms. The Labute approximate surface area is 166 Å². The summed E-state index contributed by atoms with van der Waals surface area (Å²) in [6.07, 6.45) is 3.46. The van der Waals surface area contributed by atoms with Crippen LogP contribution in [-0.2, 0) is 6.54 Å². The molecular formula is C21H16ClN3OS. The van der Waals surface area contributed by atoms with Gasteiger partial charge in [0.2, 0.25) is 0 Å². The third kappa shape index (κ3) is 3.70. The Balaban J connectivity index is 1.76. The molecule has 0 aliphatic heterocycles. The van der Waals surface area contributed by atoms with E-state index in [9.17, 15) is 4.79 Å². The van der Waals surface area contributed by atoms with Gasteiger partial charge >= 0.3 is 0 Å². The van der Waals surface area contributed by atoms with E-state index in [4.69, 9.17) is 16.6 Å². The number of halogens is 1. The van der Waals surface area contributed by atoms with E-state index in [1.807, 2.05) is 54.6 Å². The second kappa shape index (κ2) is 7.47. The fraction of sp³-hybridized carbons (Fsp3) is 0.0952. The average molecular weight is 394 g/mol. The molecule has 3 aromatic heterocycles. The van der Waals surface area contributed by atoms with Gasteiger partial charge in [-0.15, -0.1) is 11.3 Å². The van der Waals surface area contributed by atoms with E-state index in [1.165, 1.54) is 11.3 Å². The van der Waals surface area contributed by atoms with E-state index in [-0.39, 0.29) is 5.91 Å². The molecule has 4 rings (SSSR count). The van der Waals surface area contributed by atoms with Gasteiger partial charge in [0.1, 0.15) is 0 Å². The van der Waals surface area contributed by atoms with Crippen LogP contribution in [0.15, 0.2) is 67.0 Å². The highest BCUT2D eigenvalue weighted by molar-refractivity contribution is 7.19. The van der Waals surface area contributed by atoms with Gasteiger partial charge in [0.05, 0.1) is 26.0 Å². The highest BCUT2D eigenvalue weighted by Gasteiger charge is 2.18. The number of hydrogen-bond acceptors (Lipinski definition) is 4. The van der Waals surface area contributed by atoms with E-state index in [1.54, 1.807) is 24.3 Å². The maximum atomic E-state index is 13.2. The molecule has 6 heteroatoms. The van der Waals surface area contributed by atoms with Crippen LogP contribution in [-0.4, -0.2) is 27.8 Å². The van der Waals surface area contributed by atoms with Crippen molar-refractivity contribution in [1.29, 1.82) is 0 Å². The minimum atomic E-state index is -0.0469. The first kappa shape index (κ1) is 17.6. The van der Waals surface area contributed by atoms with Gasteiger partial charge in [0.15, 0.2) is 0 Å². The first-order valence-electron chi connectivity index (χ1n) is 8.41. The molecular weight excluding hydrogens is 378 g/mol. The maximum absolute atomic E-state index is 13.2. The molecule has 0 unspecified atom stereocenters. The lowest BCUT2D eigenvalue weighted by molar-refractivity contribution is 0.0787. The van der Waals surface area contributed by atoms with Crippen LogP contribution < -0.4 is 0 Å². The monoisotopic (exact) mass is 393 g/mol. The summed E-state index contributed by atoms with van der Waals surface area (Å²) in [4.78, 5) is 24.6. The molecule has 0 spiro atoms. The third-order valence-corrected chi connectivity index (χ3v) is 5.54. The number of carbonyl (C=O) groups is 1.